The number of methoxy groups -OCH3 is 2. The molecule has 110 valence electrons. The Bertz CT molecular complexity index is 522. The number of hydrogen-bond donors (Lipinski definition) is 2. The van der Waals surface area contributed by atoms with Gasteiger partial charge in [-0.1, -0.05) is 0 Å². The second-order valence-electron chi connectivity index (χ2n) is 3.85. The third-order valence-corrected chi connectivity index (χ3v) is 2.40. The number of anilines is 1. The van der Waals surface area contributed by atoms with Crippen molar-refractivity contribution in [3.8, 4) is 0 Å². The number of carbonyl (C=O) groups excluding carboxylic acids is 2. The minimum atomic E-state index is -1.09. The van der Waals surface area contributed by atoms with Gasteiger partial charge in [0.15, 0.2) is 0 Å². The van der Waals surface area contributed by atoms with Crippen LogP contribution >= 0.6 is 0 Å². The van der Waals surface area contributed by atoms with Crippen LogP contribution in [-0.2, 0) is 14.3 Å². The van der Waals surface area contributed by atoms with Gasteiger partial charge in [0.2, 0.25) is 5.91 Å². The number of rotatable bonds is 5. The maximum Gasteiger partial charge on any atom is 0.340 e. The van der Waals surface area contributed by atoms with Crippen LogP contribution in [0.15, 0.2) is 12.1 Å². The first-order chi connectivity index (χ1) is 9.40. The number of halogens is 2. The molecule has 0 bridgehead atoms. The first-order valence-corrected chi connectivity index (χ1v) is 5.53. The third-order valence-electron chi connectivity index (χ3n) is 2.40. The van der Waals surface area contributed by atoms with Crippen LogP contribution in [0.3, 0.4) is 0 Å². The lowest BCUT2D eigenvalue weighted by Crippen LogP contribution is -2.39. The fraction of sp³-hybridized carbons (Fsp3) is 0.333. The van der Waals surface area contributed by atoms with Crippen molar-refractivity contribution in [2.45, 2.75) is 6.04 Å². The van der Waals surface area contributed by atoms with Crippen LogP contribution in [0.4, 0.5) is 14.5 Å². The molecule has 0 aliphatic rings. The highest BCUT2D eigenvalue weighted by molar-refractivity contribution is 5.97. The molecule has 0 aromatic heterocycles. The van der Waals surface area contributed by atoms with Crippen LogP contribution in [0.2, 0.25) is 0 Å². The summed E-state index contributed by atoms with van der Waals surface area (Å²) in [6, 6.07) is 0.295. The van der Waals surface area contributed by atoms with Gasteiger partial charge in [-0.15, -0.1) is 0 Å². The number of hydrogen-bond acceptors (Lipinski definition) is 5. The number of carbonyl (C=O) groups is 2. The standard InChI is InChI=1S/C12H14F2N2O4/c1-19-5-9(15)11(17)16-10-3-6(12(18)20-2)7(13)4-8(10)14/h3-4,9H,5,15H2,1-2H3,(H,16,17). The van der Waals surface area contributed by atoms with E-state index in [2.05, 4.69) is 14.8 Å². The van der Waals surface area contributed by atoms with Crippen molar-refractivity contribution in [3.05, 3.63) is 29.3 Å². The fourth-order valence-electron chi connectivity index (χ4n) is 1.39. The van der Waals surface area contributed by atoms with Crippen LogP contribution < -0.4 is 11.1 Å². The van der Waals surface area contributed by atoms with E-state index in [4.69, 9.17) is 5.73 Å². The lowest BCUT2D eigenvalue weighted by molar-refractivity contribution is -0.118. The number of ether oxygens (including phenoxy) is 2. The van der Waals surface area contributed by atoms with Gasteiger partial charge in [0.05, 0.1) is 25.0 Å². The van der Waals surface area contributed by atoms with E-state index in [-0.39, 0.29) is 12.3 Å². The predicted molar refractivity (Wildman–Crippen MR) is 66.2 cm³/mol. The molecule has 1 rings (SSSR count). The molecule has 6 nitrogen and oxygen atoms in total. The second-order valence-corrected chi connectivity index (χ2v) is 3.85. The van der Waals surface area contributed by atoms with Crippen molar-refractivity contribution < 1.29 is 27.8 Å². The van der Waals surface area contributed by atoms with E-state index < -0.39 is 35.1 Å². The summed E-state index contributed by atoms with van der Waals surface area (Å²) < 4.78 is 35.9. The molecular formula is C12H14F2N2O4. The fourth-order valence-corrected chi connectivity index (χ4v) is 1.39. The van der Waals surface area contributed by atoms with E-state index in [0.29, 0.717) is 6.07 Å². The molecule has 8 heteroatoms. The van der Waals surface area contributed by atoms with Crippen molar-refractivity contribution >= 4 is 17.6 Å². The smallest absolute Gasteiger partial charge is 0.340 e. The SMILES string of the molecule is COCC(N)C(=O)Nc1cc(C(=O)OC)c(F)cc1F. The summed E-state index contributed by atoms with van der Waals surface area (Å²) in [7, 11) is 2.40. The molecule has 0 aliphatic carbocycles. The Hall–Kier alpha value is -2.06. The van der Waals surface area contributed by atoms with Crippen LogP contribution in [-0.4, -0.2) is 38.7 Å². The van der Waals surface area contributed by atoms with Crippen LogP contribution in [0.1, 0.15) is 10.4 Å². The summed E-state index contributed by atoms with van der Waals surface area (Å²) >= 11 is 0. The topological polar surface area (TPSA) is 90.6 Å². The highest BCUT2D eigenvalue weighted by Gasteiger charge is 2.20. The van der Waals surface area contributed by atoms with E-state index in [1.165, 1.54) is 7.11 Å². The van der Waals surface area contributed by atoms with Crippen LogP contribution in [0, 0.1) is 11.6 Å². The van der Waals surface area contributed by atoms with Gasteiger partial charge in [0.25, 0.3) is 0 Å². The van der Waals surface area contributed by atoms with Gasteiger partial charge in [0, 0.05) is 13.2 Å². The summed E-state index contributed by atoms with van der Waals surface area (Å²) in [5.74, 6) is -3.84. The van der Waals surface area contributed by atoms with Crippen molar-refractivity contribution in [1.82, 2.24) is 0 Å². The first kappa shape index (κ1) is 16.0. The second kappa shape index (κ2) is 6.92. The molecule has 20 heavy (non-hydrogen) atoms. The Balaban J connectivity index is 3.01. The van der Waals surface area contributed by atoms with Gasteiger partial charge in [-0.3, -0.25) is 4.79 Å². The lowest BCUT2D eigenvalue weighted by Gasteiger charge is -2.12. The first-order valence-electron chi connectivity index (χ1n) is 5.53. The Morgan fingerprint density at radius 2 is 1.95 bits per heavy atom. The highest BCUT2D eigenvalue weighted by Crippen LogP contribution is 2.20. The zero-order chi connectivity index (χ0) is 15.3. The predicted octanol–water partition coefficient (Wildman–Crippen LogP) is 0.664. The average molecular weight is 288 g/mol. The monoisotopic (exact) mass is 288 g/mol. The van der Waals surface area contributed by atoms with Gasteiger partial charge in [-0.2, -0.15) is 0 Å². The van der Waals surface area contributed by atoms with Crippen molar-refractivity contribution in [2.24, 2.45) is 5.73 Å². The Labute approximate surface area is 113 Å². The normalized spacial score (nSPS) is 11.8. The highest BCUT2D eigenvalue weighted by atomic mass is 19.1. The molecule has 1 unspecified atom stereocenters. The molecule has 0 radical (unpaired) electrons. The molecule has 1 aromatic carbocycles. The van der Waals surface area contributed by atoms with Crippen LogP contribution in [0.25, 0.3) is 0 Å². The molecule has 1 aromatic rings. The van der Waals surface area contributed by atoms with Crippen molar-refractivity contribution in [3.63, 3.8) is 0 Å². The Morgan fingerprint density at radius 1 is 1.30 bits per heavy atom. The largest absolute Gasteiger partial charge is 0.465 e. The van der Waals surface area contributed by atoms with Crippen LogP contribution in [0.5, 0.6) is 0 Å². The molecule has 0 heterocycles. The number of benzene rings is 1. The molecule has 0 spiro atoms. The summed E-state index contributed by atoms with van der Waals surface area (Å²) in [6.07, 6.45) is 0. The van der Waals surface area contributed by atoms with E-state index >= 15 is 0 Å². The minimum absolute atomic E-state index is 0.0709. The van der Waals surface area contributed by atoms with E-state index in [1.54, 1.807) is 0 Å². The molecule has 0 fully saturated rings. The zero-order valence-electron chi connectivity index (χ0n) is 10.9. The average Bonchev–Trinajstić information content (AvgIpc) is 2.41. The van der Waals surface area contributed by atoms with E-state index in [9.17, 15) is 18.4 Å². The summed E-state index contributed by atoms with van der Waals surface area (Å²) in [4.78, 5) is 22.9. The quantitative estimate of drug-likeness (QED) is 0.777. The third kappa shape index (κ3) is 3.72. The van der Waals surface area contributed by atoms with Gasteiger partial charge < -0.3 is 20.5 Å². The van der Waals surface area contributed by atoms with E-state index in [0.717, 1.165) is 13.2 Å². The summed E-state index contributed by atoms with van der Waals surface area (Å²) in [5.41, 5.74) is 4.59. The molecule has 1 amide bonds. The number of amides is 1. The molecule has 0 aliphatic heterocycles. The zero-order valence-corrected chi connectivity index (χ0v) is 10.9. The Morgan fingerprint density at radius 3 is 2.50 bits per heavy atom. The van der Waals surface area contributed by atoms with E-state index in [1.807, 2.05) is 0 Å². The van der Waals surface area contributed by atoms with Gasteiger partial charge in [-0.05, 0) is 6.07 Å². The number of esters is 1. The molecule has 3 N–H and O–H groups in total. The maximum atomic E-state index is 13.5. The molecule has 1 atom stereocenters. The maximum absolute atomic E-state index is 13.5. The number of nitrogens with two attached hydrogens (primary N) is 1. The Kier molecular flexibility index (Phi) is 5.53. The molecule has 0 saturated carbocycles. The number of nitrogens with one attached hydrogen (secondary N) is 1. The minimum Gasteiger partial charge on any atom is -0.465 e. The van der Waals surface area contributed by atoms with Gasteiger partial charge in [-0.25, -0.2) is 13.6 Å². The van der Waals surface area contributed by atoms with Crippen molar-refractivity contribution in [2.75, 3.05) is 26.1 Å². The van der Waals surface area contributed by atoms with Crippen molar-refractivity contribution in [1.29, 1.82) is 0 Å². The van der Waals surface area contributed by atoms with Gasteiger partial charge in [0.1, 0.15) is 17.7 Å². The molecular weight excluding hydrogens is 274 g/mol. The summed E-state index contributed by atoms with van der Waals surface area (Å²) in [6.45, 7) is -0.0709. The molecule has 0 saturated heterocycles. The lowest BCUT2D eigenvalue weighted by atomic mass is 10.1. The van der Waals surface area contributed by atoms with Gasteiger partial charge >= 0.3 is 5.97 Å². The summed E-state index contributed by atoms with van der Waals surface area (Å²) in [5, 5.41) is 2.15.